The fourth-order valence-electron chi connectivity index (χ4n) is 2.09. The van der Waals surface area contributed by atoms with E-state index < -0.39 is 5.41 Å². The molecule has 0 atom stereocenters. The number of nitrogens with zero attached hydrogens (tertiary/aromatic N) is 1. The molecule has 0 aliphatic carbocycles. The molecule has 2 aromatic rings. The molecule has 4 nitrogen and oxygen atoms in total. The van der Waals surface area contributed by atoms with Crippen molar-refractivity contribution in [2.45, 2.75) is 5.41 Å². The number of nitrogens with one attached hydrogen (secondary N) is 1. The third-order valence-electron chi connectivity index (χ3n) is 3.18. The fraction of sp³-hybridized carbons (Fsp3) is 0.231. The maximum Gasteiger partial charge on any atom is 0.253 e. The second kappa shape index (κ2) is 3.44. The standard InChI is InChI=1S/C13H10N2O2/c14-6-13(7-17-8-13)10-5-9-3-1-2-4-11(9)15-12(10)16/h1-5H,7-8H2,(H,15,16). The maximum atomic E-state index is 12.0. The molecule has 1 fully saturated rings. The van der Waals surface area contributed by atoms with Gasteiger partial charge < -0.3 is 9.72 Å². The van der Waals surface area contributed by atoms with Gasteiger partial charge in [0.05, 0.1) is 19.3 Å². The van der Waals surface area contributed by atoms with Crippen molar-refractivity contribution >= 4 is 10.9 Å². The van der Waals surface area contributed by atoms with E-state index >= 15 is 0 Å². The van der Waals surface area contributed by atoms with E-state index in [-0.39, 0.29) is 5.56 Å². The van der Waals surface area contributed by atoms with Crippen LogP contribution < -0.4 is 5.56 Å². The van der Waals surface area contributed by atoms with Gasteiger partial charge in [-0.25, -0.2) is 0 Å². The number of hydrogen-bond acceptors (Lipinski definition) is 3. The Morgan fingerprint density at radius 2 is 2.12 bits per heavy atom. The molecule has 1 saturated heterocycles. The summed E-state index contributed by atoms with van der Waals surface area (Å²) in [7, 11) is 0. The largest absolute Gasteiger partial charge is 0.377 e. The first kappa shape index (κ1) is 10.1. The molecule has 0 radical (unpaired) electrons. The summed E-state index contributed by atoms with van der Waals surface area (Å²) in [5.74, 6) is 0. The zero-order chi connectivity index (χ0) is 11.9. The van der Waals surface area contributed by atoms with E-state index in [9.17, 15) is 10.1 Å². The highest BCUT2D eigenvalue weighted by Crippen LogP contribution is 2.30. The normalized spacial score (nSPS) is 17.4. The summed E-state index contributed by atoms with van der Waals surface area (Å²) in [6.07, 6.45) is 0. The monoisotopic (exact) mass is 226 g/mol. The van der Waals surface area contributed by atoms with Gasteiger partial charge in [-0.2, -0.15) is 5.26 Å². The van der Waals surface area contributed by atoms with Crippen LogP contribution in [-0.2, 0) is 10.2 Å². The zero-order valence-corrected chi connectivity index (χ0v) is 9.06. The van der Waals surface area contributed by atoms with Gasteiger partial charge in [-0.15, -0.1) is 0 Å². The number of pyridine rings is 1. The summed E-state index contributed by atoms with van der Waals surface area (Å²) in [4.78, 5) is 14.8. The van der Waals surface area contributed by atoms with Crippen LogP contribution in [-0.4, -0.2) is 18.2 Å². The molecule has 0 unspecified atom stereocenters. The van der Waals surface area contributed by atoms with Gasteiger partial charge in [-0.3, -0.25) is 4.79 Å². The Balaban J connectivity index is 2.27. The van der Waals surface area contributed by atoms with Crippen molar-refractivity contribution < 1.29 is 4.74 Å². The summed E-state index contributed by atoms with van der Waals surface area (Å²) in [5, 5.41) is 10.1. The molecular formula is C13H10N2O2. The van der Waals surface area contributed by atoms with Crippen molar-refractivity contribution in [3.8, 4) is 6.07 Å². The number of rotatable bonds is 1. The molecule has 1 aromatic carbocycles. The van der Waals surface area contributed by atoms with Gasteiger partial charge in [0.15, 0.2) is 0 Å². The summed E-state index contributed by atoms with van der Waals surface area (Å²) >= 11 is 0. The van der Waals surface area contributed by atoms with Crippen LogP contribution in [0.25, 0.3) is 10.9 Å². The van der Waals surface area contributed by atoms with Crippen molar-refractivity contribution in [2.24, 2.45) is 0 Å². The van der Waals surface area contributed by atoms with Gasteiger partial charge in [0.1, 0.15) is 5.41 Å². The minimum atomic E-state index is -0.766. The van der Waals surface area contributed by atoms with Crippen molar-refractivity contribution in [1.29, 1.82) is 5.26 Å². The molecule has 17 heavy (non-hydrogen) atoms. The van der Waals surface area contributed by atoms with E-state index in [1.165, 1.54) is 0 Å². The highest BCUT2D eigenvalue weighted by atomic mass is 16.5. The Hall–Kier alpha value is -2.12. The lowest BCUT2D eigenvalue weighted by Gasteiger charge is -2.34. The number of fused-ring (bicyclic) bond motifs is 1. The first-order valence-corrected chi connectivity index (χ1v) is 5.37. The molecule has 0 amide bonds. The molecule has 0 bridgehead atoms. The van der Waals surface area contributed by atoms with Crippen LogP contribution in [0.15, 0.2) is 35.1 Å². The highest BCUT2D eigenvalue weighted by Gasteiger charge is 2.43. The molecule has 1 aromatic heterocycles. The van der Waals surface area contributed by atoms with E-state index in [4.69, 9.17) is 4.74 Å². The van der Waals surface area contributed by atoms with Crippen molar-refractivity contribution in [3.05, 3.63) is 46.2 Å². The number of nitriles is 1. The van der Waals surface area contributed by atoms with Crippen LogP contribution in [0.3, 0.4) is 0 Å². The Morgan fingerprint density at radius 3 is 2.76 bits per heavy atom. The second-order valence-corrected chi connectivity index (χ2v) is 4.29. The molecule has 84 valence electrons. The smallest absolute Gasteiger partial charge is 0.253 e. The summed E-state index contributed by atoms with van der Waals surface area (Å²) < 4.78 is 5.08. The van der Waals surface area contributed by atoms with Crippen molar-refractivity contribution in [3.63, 3.8) is 0 Å². The Bertz CT molecular complexity index is 678. The number of hydrogen-bond donors (Lipinski definition) is 1. The van der Waals surface area contributed by atoms with Crippen LogP contribution in [0, 0.1) is 11.3 Å². The summed E-state index contributed by atoms with van der Waals surface area (Å²) in [6, 6.07) is 11.5. The zero-order valence-electron chi connectivity index (χ0n) is 9.06. The van der Waals surface area contributed by atoms with Gasteiger partial charge in [-0.1, -0.05) is 18.2 Å². The van der Waals surface area contributed by atoms with Gasteiger partial charge in [0.2, 0.25) is 0 Å². The SMILES string of the molecule is N#CC1(c2cc3ccccc3[nH]c2=O)COC1. The number of ether oxygens (including phenoxy) is 1. The van der Waals surface area contributed by atoms with Gasteiger partial charge >= 0.3 is 0 Å². The molecule has 2 heterocycles. The third-order valence-corrected chi connectivity index (χ3v) is 3.18. The fourth-order valence-corrected chi connectivity index (χ4v) is 2.09. The number of para-hydroxylation sites is 1. The average Bonchev–Trinajstić information content (AvgIpc) is 2.29. The number of benzene rings is 1. The lowest BCUT2D eigenvalue weighted by molar-refractivity contribution is -0.0303. The minimum Gasteiger partial charge on any atom is -0.377 e. The lowest BCUT2D eigenvalue weighted by Crippen LogP contribution is -2.48. The molecule has 1 aliphatic rings. The quantitative estimate of drug-likeness (QED) is 0.797. The van der Waals surface area contributed by atoms with E-state index in [1.807, 2.05) is 24.3 Å². The van der Waals surface area contributed by atoms with Crippen LogP contribution in [0.5, 0.6) is 0 Å². The molecular weight excluding hydrogens is 216 g/mol. The third kappa shape index (κ3) is 1.37. The van der Waals surface area contributed by atoms with Gasteiger partial charge in [0, 0.05) is 11.1 Å². The van der Waals surface area contributed by atoms with E-state index in [1.54, 1.807) is 6.07 Å². The van der Waals surface area contributed by atoms with Crippen molar-refractivity contribution in [1.82, 2.24) is 4.98 Å². The van der Waals surface area contributed by atoms with Gasteiger partial charge in [-0.05, 0) is 17.5 Å². The number of aromatic nitrogens is 1. The van der Waals surface area contributed by atoms with E-state index in [0.717, 1.165) is 10.9 Å². The summed E-state index contributed by atoms with van der Waals surface area (Å²) in [6.45, 7) is 0.593. The lowest BCUT2D eigenvalue weighted by atomic mass is 9.80. The van der Waals surface area contributed by atoms with E-state index in [2.05, 4.69) is 11.1 Å². The van der Waals surface area contributed by atoms with Crippen LogP contribution in [0.2, 0.25) is 0 Å². The molecule has 0 spiro atoms. The van der Waals surface area contributed by atoms with Crippen LogP contribution in [0.4, 0.5) is 0 Å². The Kier molecular flexibility index (Phi) is 2.03. The predicted molar refractivity (Wildman–Crippen MR) is 62.7 cm³/mol. The van der Waals surface area contributed by atoms with Crippen molar-refractivity contribution in [2.75, 3.05) is 13.2 Å². The number of H-pyrrole nitrogens is 1. The Morgan fingerprint density at radius 1 is 1.35 bits per heavy atom. The minimum absolute atomic E-state index is 0.200. The molecule has 0 saturated carbocycles. The second-order valence-electron chi connectivity index (χ2n) is 4.29. The molecule has 1 N–H and O–H groups in total. The number of aromatic amines is 1. The molecule has 3 rings (SSSR count). The molecule has 1 aliphatic heterocycles. The van der Waals surface area contributed by atoms with Crippen LogP contribution >= 0.6 is 0 Å². The van der Waals surface area contributed by atoms with E-state index in [0.29, 0.717) is 18.8 Å². The highest BCUT2D eigenvalue weighted by molar-refractivity contribution is 5.79. The molecule has 4 heteroatoms. The maximum absolute atomic E-state index is 12.0. The van der Waals surface area contributed by atoms with Crippen LogP contribution in [0.1, 0.15) is 5.56 Å². The first-order valence-electron chi connectivity index (χ1n) is 5.37. The van der Waals surface area contributed by atoms with Gasteiger partial charge in [0.25, 0.3) is 5.56 Å². The predicted octanol–water partition coefficient (Wildman–Crippen LogP) is 1.32. The average molecular weight is 226 g/mol. The Labute approximate surface area is 97.5 Å². The topological polar surface area (TPSA) is 65.9 Å². The summed E-state index contributed by atoms with van der Waals surface area (Å²) in [5.41, 5.74) is 0.325. The first-order chi connectivity index (χ1) is 8.25.